The maximum absolute atomic E-state index is 12.5. The molecule has 28 heavy (non-hydrogen) atoms. The Morgan fingerprint density at radius 2 is 1.75 bits per heavy atom. The lowest BCUT2D eigenvalue weighted by Gasteiger charge is -2.12. The molecule has 1 N–H and O–H groups in total. The van der Waals surface area contributed by atoms with Crippen LogP contribution in [0.25, 0.3) is 11.5 Å². The fourth-order valence-electron chi connectivity index (χ4n) is 2.81. The first-order valence-corrected chi connectivity index (χ1v) is 9.71. The van der Waals surface area contributed by atoms with Crippen molar-refractivity contribution in [3.8, 4) is 11.5 Å². The molecule has 3 rings (SSSR count). The van der Waals surface area contributed by atoms with Crippen LogP contribution in [0.2, 0.25) is 0 Å². The van der Waals surface area contributed by atoms with Gasteiger partial charge in [0, 0.05) is 11.1 Å². The van der Waals surface area contributed by atoms with E-state index in [1.165, 1.54) is 18.7 Å². The van der Waals surface area contributed by atoms with Crippen LogP contribution in [0, 0.1) is 13.8 Å². The molecule has 144 valence electrons. The topological polar surface area (TPSA) is 85.1 Å². The molecule has 0 saturated heterocycles. The summed E-state index contributed by atoms with van der Waals surface area (Å²) in [6, 6.07) is 12.9. The van der Waals surface area contributed by atoms with Gasteiger partial charge in [-0.15, -0.1) is 10.2 Å². The second kappa shape index (κ2) is 8.39. The lowest BCUT2D eigenvalue weighted by atomic mass is 10.1. The number of aryl methyl sites for hydroxylation is 2. The van der Waals surface area contributed by atoms with E-state index >= 15 is 0 Å². The van der Waals surface area contributed by atoms with Gasteiger partial charge in [0.25, 0.3) is 5.22 Å². The van der Waals surface area contributed by atoms with Crippen LogP contribution in [0.5, 0.6) is 0 Å². The lowest BCUT2D eigenvalue weighted by molar-refractivity contribution is -0.115. The maximum atomic E-state index is 12.5. The lowest BCUT2D eigenvalue weighted by Crippen LogP contribution is -2.23. The van der Waals surface area contributed by atoms with Gasteiger partial charge in [0.1, 0.15) is 0 Å². The number of nitrogens with one attached hydrogen (secondary N) is 1. The number of carbonyl (C=O) groups excluding carboxylic acids is 2. The van der Waals surface area contributed by atoms with E-state index in [1.807, 2.05) is 26.0 Å². The van der Waals surface area contributed by atoms with Crippen LogP contribution >= 0.6 is 11.8 Å². The van der Waals surface area contributed by atoms with E-state index in [1.54, 1.807) is 31.2 Å². The van der Waals surface area contributed by atoms with E-state index in [0.717, 1.165) is 16.7 Å². The number of amides is 1. The Morgan fingerprint density at radius 3 is 2.43 bits per heavy atom. The van der Waals surface area contributed by atoms with Crippen molar-refractivity contribution in [1.29, 1.82) is 0 Å². The summed E-state index contributed by atoms with van der Waals surface area (Å²) in [7, 11) is 0. The number of carbonyl (C=O) groups is 2. The predicted octanol–water partition coefficient (Wildman–Crippen LogP) is 4.68. The Kier molecular flexibility index (Phi) is 5.94. The zero-order chi connectivity index (χ0) is 20.3. The summed E-state index contributed by atoms with van der Waals surface area (Å²) in [4.78, 5) is 24.2. The third-order valence-corrected chi connectivity index (χ3v) is 5.02. The summed E-state index contributed by atoms with van der Waals surface area (Å²) in [5.74, 6) is 0.0693. The summed E-state index contributed by atoms with van der Waals surface area (Å²) in [5, 5.41) is 10.8. The first-order valence-electron chi connectivity index (χ1n) is 8.83. The SMILES string of the molecule is CC(=O)c1ccccc1NC(=O)C(C)Sc1nnc(-c2cc(C)cc(C)c2)o1. The van der Waals surface area contributed by atoms with Crippen molar-refractivity contribution in [2.75, 3.05) is 5.32 Å². The second-order valence-electron chi connectivity index (χ2n) is 6.60. The quantitative estimate of drug-likeness (QED) is 0.482. The molecular formula is C21H21N3O3S. The molecule has 0 spiro atoms. The Morgan fingerprint density at radius 1 is 1.07 bits per heavy atom. The highest BCUT2D eigenvalue weighted by Gasteiger charge is 2.20. The first kappa shape index (κ1) is 19.8. The average molecular weight is 395 g/mol. The summed E-state index contributed by atoms with van der Waals surface area (Å²) < 4.78 is 5.72. The zero-order valence-electron chi connectivity index (χ0n) is 16.1. The van der Waals surface area contributed by atoms with Crippen LogP contribution in [-0.4, -0.2) is 27.1 Å². The standard InChI is InChI=1S/C21H21N3O3S/c1-12-9-13(2)11-16(10-12)20-23-24-21(27-20)28-15(4)19(26)22-18-8-6-5-7-17(18)14(3)25/h5-11,15H,1-4H3,(H,22,26). The van der Waals surface area contributed by atoms with Gasteiger partial charge in [0.15, 0.2) is 5.78 Å². The van der Waals surface area contributed by atoms with Crippen molar-refractivity contribution >= 4 is 29.1 Å². The molecule has 0 radical (unpaired) electrons. The third-order valence-electron chi connectivity index (χ3n) is 4.09. The van der Waals surface area contributed by atoms with Gasteiger partial charge in [-0.3, -0.25) is 9.59 Å². The molecule has 3 aromatic rings. The highest BCUT2D eigenvalue weighted by atomic mass is 32.2. The van der Waals surface area contributed by atoms with E-state index in [2.05, 4.69) is 21.6 Å². The van der Waals surface area contributed by atoms with Crippen molar-refractivity contribution in [3.05, 3.63) is 59.2 Å². The number of hydrogen-bond donors (Lipinski definition) is 1. The molecule has 1 unspecified atom stereocenters. The van der Waals surface area contributed by atoms with Crippen molar-refractivity contribution in [2.24, 2.45) is 0 Å². The number of ketones is 1. The van der Waals surface area contributed by atoms with Crippen molar-refractivity contribution in [2.45, 2.75) is 38.2 Å². The molecular weight excluding hydrogens is 374 g/mol. The van der Waals surface area contributed by atoms with Crippen LogP contribution in [-0.2, 0) is 4.79 Å². The molecule has 0 aliphatic rings. The number of rotatable bonds is 6. The van der Waals surface area contributed by atoms with Gasteiger partial charge in [-0.2, -0.15) is 0 Å². The van der Waals surface area contributed by atoms with E-state index < -0.39 is 5.25 Å². The fraction of sp³-hybridized carbons (Fsp3) is 0.238. The van der Waals surface area contributed by atoms with Crippen LogP contribution in [0.1, 0.15) is 35.3 Å². The number of para-hydroxylation sites is 1. The van der Waals surface area contributed by atoms with E-state index in [4.69, 9.17) is 4.42 Å². The Labute approximate surface area is 167 Å². The number of anilines is 1. The Bertz CT molecular complexity index is 1010. The predicted molar refractivity (Wildman–Crippen MR) is 110 cm³/mol. The number of Topliss-reactive ketones (excluding diaryl/α,β-unsaturated/α-hetero) is 1. The summed E-state index contributed by atoms with van der Waals surface area (Å²) >= 11 is 1.17. The molecule has 6 nitrogen and oxygen atoms in total. The summed E-state index contributed by atoms with van der Waals surface area (Å²) in [6.45, 7) is 7.23. The number of hydrogen-bond acceptors (Lipinski definition) is 6. The van der Waals surface area contributed by atoms with Gasteiger partial charge in [0.05, 0.1) is 10.9 Å². The maximum Gasteiger partial charge on any atom is 0.277 e. The van der Waals surface area contributed by atoms with E-state index in [-0.39, 0.29) is 11.7 Å². The van der Waals surface area contributed by atoms with Crippen LogP contribution in [0.4, 0.5) is 5.69 Å². The summed E-state index contributed by atoms with van der Waals surface area (Å²) in [5.41, 5.74) is 4.04. The molecule has 0 saturated carbocycles. The molecule has 1 aromatic heterocycles. The van der Waals surface area contributed by atoms with Gasteiger partial charge < -0.3 is 9.73 Å². The van der Waals surface area contributed by atoms with Gasteiger partial charge in [-0.1, -0.05) is 41.1 Å². The minimum absolute atomic E-state index is 0.105. The normalized spacial score (nSPS) is 11.9. The van der Waals surface area contributed by atoms with Crippen LogP contribution in [0.15, 0.2) is 52.1 Å². The first-order chi connectivity index (χ1) is 13.3. The second-order valence-corrected chi connectivity index (χ2v) is 7.89. The van der Waals surface area contributed by atoms with Crippen LogP contribution < -0.4 is 5.32 Å². The number of thioether (sulfide) groups is 1. The van der Waals surface area contributed by atoms with E-state index in [9.17, 15) is 9.59 Å². The fourth-order valence-corrected chi connectivity index (χ4v) is 3.49. The molecule has 1 amide bonds. The van der Waals surface area contributed by atoms with Crippen molar-refractivity contribution < 1.29 is 14.0 Å². The van der Waals surface area contributed by atoms with E-state index in [0.29, 0.717) is 22.4 Å². The Balaban J connectivity index is 1.70. The third kappa shape index (κ3) is 4.67. The minimum atomic E-state index is -0.479. The zero-order valence-corrected chi connectivity index (χ0v) is 17.0. The van der Waals surface area contributed by atoms with Crippen molar-refractivity contribution in [3.63, 3.8) is 0 Å². The number of nitrogens with zero attached hydrogens (tertiary/aromatic N) is 2. The monoisotopic (exact) mass is 395 g/mol. The Hall–Kier alpha value is -2.93. The highest BCUT2D eigenvalue weighted by Crippen LogP contribution is 2.28. The van der Waals surface area contributed by atoms with Gasteiger partial charge in [-0.05, 0) is 52.0 Å². The molecule has 0 fully saturated rings. The molecule has 0 bridgehead atoms. The smallest absolute Gasteiger partial charge is 0.277 e. The number of aromatic nitrogens is 2. The number of benzene rings is 2. The molecule has 2 aromatic carbocycles. The largest absolute Gasteiger partial charge is 0.411 e. The molecule has 1 heterocycles. The molecule has 0 aliphatic heterocycles. The van der Waals surface area contributed by atoms with Gasteiger partial charge >= 0.3 is 0 Å². The van der Waals surface area contributed by atoms with Crippen LogP contribution in [0.3, 0.4) is 0 Å². The van der Waals surface area contributed by atoms with Crippen molar-refractivity contribution in [1.82, 2.24) is 10.2 Å². The molecule has 1 atom stereocenters. The summed E-state index contributed by atoms with van der Waals surface area (Å²) in [6.07, 6.45) is 0. The van der Waals surface area contributed by atoms with Gasteiger partial charge in [-0.25, -0.2) is 0 Å². The molecule has 0 aliphatic carbocycles. The van der Waals surface area contributed by atoms with Gasteiger partial charge in [0.2, 0.25) is 11.8 Å². The highest BCUT2D eigenvalue weighted by molar-refractivity contribution is 8.00. The molecule has 7 heteroatoms. The minimum Gasteiger partial charge on any atom is -0.411 e. The average Bonchev–Trinajstić information content (AvgIpc) is 3.09.